The molecule has 3 heterocycles. The van der Waals surface area contributed by atoms with Crippen molar-refractivity contribution in [3.05, 3.63) is 70.7 Å². The van der Waals surface area contributed by atoms with Crippen LogP contribution in [0.3, 0.4) is 0 Å². The summed E-state index contributed by atoms with van der Waals surface area (Å²) in [7, 11) is 4.92. The van der Waals surface area contributed by atoms with Crippen LogP contribution in [-0.4, -0.2) is 53.9 Å². The normalized spacial score (nSPS) is 15.2. The van der Waals surface area contributed by atoms with E-state index >= 15 is 0 Å². The third kappa shape index (κ3) is 3.38. The minimum absolute atomic E-state index is 0.0957. The number of H-pyrrole nitrogens is 2. The zero-order valence-corrected chi connectivity index (χ0v) is 19.1. The molecular formula is C25H26N4O4. The van der Waals surface area contributed by atoms with Gasteiger partial charge in [-0.25, -0.2) is 0 Å². The lowest BCUT2D eigenvalue weighted by atomic mass is 9.97. The monoisotopic (exact) mass is 446 g/mol. The first-order valence-electron chi connectivity index (χ1n) is 10.8. The van der Waals surface area contributed by atoms with Crippen LogP contribution in [0.4, 0.5) is 0 Å². The van der Waals surface area contributed by atoms with E-state index in [1.807, 2.05) is 54.4 Å². The Labute approximate surface area is 191 Å². The maximum atomic E-state index is 13.4. The molecule has 0 aliphatic carbocycles. The van der Waals surface area contributed by atoms with Gasteiger partial charge in [-0.1, -0.05) is 0 Å². The predicted molar refractivity (Wildman–Crippen MR) is 124 cm³/mol. The van der Waals surface area contributed by atoms with Gasteiger partial charge in [0.1, 0.15) is 17.2 Å². The molecule has 2 aromatic heterocycles. The van der Waals surface area contributed by atoms with E-state index in [0.717, 1.165) is 39.0 Å². The van der Waals surface area contributed by atoms with Gasteiger partial charge in [0.05, 0.1) is 27.4 Å². The summed E-state index contributed by atoms with van der Waals surface area (Å²) in [5.41, 5.74) is 5.24. The quantitative estimate of drug-likeness (QED) is 0.447. The zero-order chi connectivity index (χ0) is 23.1. The van der Waals surface area contributed by atoms with E-state index in [4.69, 9.17) is 14.2 Å². The van der Waals surface area contributed by atoms with Crippen molar-refractivity contribution in [1.29, 1.82) is 0 Å². The third-order valence-corrected chi connectivity index (χ3v) is 6.37. The SMILES string of the molecule is COc1ccc(OC)c([C@H]2c3c(n[nH]c3C)C(=O)N2CCc2c[nH]c3ccc(OC)cc23)c1. The number of carbonyl (C=O) groups is 1. The molecule has 4 aromatic rings. The summed E-state index contributed by atoms with van der Waals surface area (Å²) in [5.74, 6) is 2.11. The van der Waals surface area contributed by atoms with E-state index < -0.39 is 0 Å². The number of benzene rings is 2. The Morgan fingerprint density at radius 2 is 1.79 bits per heavy atom. The lowest BCUT2D eigenvalue weighted by Gasteiger charge is -2.27. The van der Waals surface area contributed by atoms with Crippen molar-refractivity contribution >= 4 is 16.8 Å². The Morgan fingerprint density at radius 1 is 1.03 bits per heavy atom. The molecule has 1 aliphatic rings. The molecule has 8 nitrogen and oxygen atoms in total. The van der Waals surface area contributed by atoms with Gasteiger partial charge < -0.3 is 24.1 Å². The first kappa shape index (κ1) is 20.9. The van der Waals surface area contributed by atoms with Crippen molar-refractivity contribution in [3.63, 3.8) is 0 Å². The second-order valence-electron chi connectivity index (χ2n) is 8.10. The number of hydrogen-bond donors (Lipinski definition) is 2. The molecule has 0 saturated carbocycles. The molecule has 1 aliphatic heterocycles. The van der Waals surface area contributed by atoms with Crippen molar-refractivity contribution in [3.8, 4) is 17.2 Å². The topological polar surface area (TPSA) is 92.5 Å². The molecule has 2 aromatic carbocycles. The number of nitrogens with one attached hydrogen (secondary N) is 2. The fourth-order valence-electron chi connectivity index (χ4n) is 4.68. The number of rotatable bonds is 7. The Bertz CT molecular complexity index is 1340. The van der Waals surface area contributed by atoms with Gasteiger partial charge in [-0.2, -0.15) is 5.10 Å². The number of aromatic nitrogens is 3. The molecule has 170 valence electrons. The average molecular weight is 447 g/mol. The van der Waals surface area contributed by atoms with Crippen molar-refractivity contribution in [2.24, 2.45) is 0 Å². The fraction of sp³-hybridized carbons (Fsp3) is 0.280. The molecule has 1 atom stereocenters. The Balaban J connectivity index is 1.54. The smallest absolute Gasteiger partial charge is 0.275 e. The van der Waals surface area contributed by atoms with Crippen molar-refractivity contribution < 1.29 is 19.0 Å². The number of carbonyl (C=O) groups excluding carboxylic acids is 1. The van der Waals surface area contributed by atoms with Crippen LogP contribution in [0.1, 0.15) is 38.9 Å². The van der Waals surface area contributed by atoms with E-state index in [9.17, 15) is 4.79 Å². The van der Waals surface area contributed by atoms with Gasteiger partial charge in [0.2, 0.25) is 0 Å². The van der Waals surface area contributed by atoms with Crippen LogP contribution in [0.15, 0.2) is 42.6 Å². The highest BCUT2D eigenvalue weighted by Gasteiger charge is 2.42. The summed E-state index contributed by atoms with van der Waals surface area (Å²) in [6.45, 7) is 2.46. The van der Waals surface area contributed by atoms with E-state index in [2.05, 4.69) is 15.2 Å². The molecule has 0 spiro atoms. The number of aryl methyl sites for hydroxylation is 1. The minimum atomic E-state index is -0.323. The summed E-state index contributed by atoms with van der Waals surface area (Å²) in [4.78, 5) is 18.6. The van der Waals surface area contributed by atoms with Crippen LogP contribution in [0.2, 0.25) is 0 Å². The number of fused-ring (bicyclic) bond motifs is 2. The van der Waals surface area contributed by atoms with Gasteiger partial charge >= 0.3 is 0 Å². The van der Waals surface area contributed by atoms with Gasteiger partial charge in [-0.05, 0) is 55.3 Å². The molecule has 0 fully saturated rings. The maximum absolute atomic E-state index is 13.4. The van der Waals surface area contributed by atoms with E-state index in [-0.39, 0.29) is 11.9 Å². The van der Waals surface area contributed by atoms with Gasteiger partial charge in [0.25, 0.3) is 5.91 Å². The zero-order valence-electron chi connectivity index (χ0n) is 19.1. The lowest BCUT2D eigenvalue weighted by molar-refractivity contribution is 0.0744. The van der Waals surface area contributed by atoms with Gasteiger partial charge in [0.15, 0.2) is 5.69 Å². The molecule has 5 rings (SSSR count). The van der Waals surface area contributed by atoms with E-state index in [1.165, 1.54) is 0 Å². The molecule has 2 N–H and O–H groups in total. The van der Waals surface area contributed by atoms with E-state index in [0.29, 0.717) is 30.2 Å². The van der Waals surface area contributed by atoms with Crippen LogP contribution in [0, 0.1) is 6.92 Å². The van der Waals surface area contributed by atoms with Crippen molar-refractivity contribution in [1.82, 2.24) is 20.1 Å². The predicted octanol–water partition coefficient (Wildman–Crippen LogP) is 4.01. The van der Waals surface area contributed by atoms with Crippen molar-refractivity contribution in [2.75, 3.05) is 27.9 Å². The molecule has 1 amide bonds. The molecule has 0 unspecified atom stereocenters. The molecule has 0 saturated heterocycles. The highest BCUT2D eigenvalue weighted by Crippen LogP contribution is 2.44. The summed E-state index contributed by atoms with van der Waals surface area (Å²) in [6.07, 6.45) is 2.67. The van der Waals surface area contributed by atoms with E-state index in [1.54, 1.807) is 21.3 Å². The van der Waals surface area contributed by atoms with Crippen molar-refractivity contribution in [2.45, 2.75) is 19.4 Å². The molecule has 8 heteroatoms. The number of aromatic amines is 2. The van der Waals surface area contributed by atoms with Gasteiger partial charge in [-0.15, -0.1) is 0 Å². The number of nitrogens with zero attached hydrogens (tertiary/aromatic N) is 2. The first-order chi connectivity index (χ1) is 16.0. The van der Waals surface area contributed by atoms with Crippen LogP contribution < -0.4 is 14.2 Å². The number of ether oxygens (including phenoxy) is 3. The Kier molecular flexibility index (Phi) is 5.20. The largest absolute Gasteiger partial charge is 0.497 e. The third-order valence-electron chi connectivity index (χ3n) is 6.37. The van der Waals surface area contributed by atoms with Crippen LogP contribution in [0.5, 0.6) is 17.2 Å². The van der Waals surface area contributed by atoms with Crippen LogP contribution in [-0.2, 0) is 6.42 Å². The van der Waals surface area contributed by atoms with Gasteiger partial charge in [-0.3, -0.25) is 9.89 Å². The molecule has 33 heavy (non-hydrogen) atoms. The summed E-state index contributed by atoms with van der Waals surface area (Å²) < 4.78 is 16.5. The number of methoxy groups -OCH3 is 3. The second-order valence-corrected chi connectivity index (χ2v) is 8.10. The lowest BCUT2D eigenvalue weighted by Crippen LogP contribution is -2.31. The number of hydrogen-bond acceptors (Lipinski definition) is 5. The summed E-state index contributed by atoms with van der Waals surface area (Å²) >= 11 is 0. The molecule has 0 bridgehead atoms. The Morgan fingerprint density at radius 3 is 2.55 bits per heavy atom. The first-order valence-corrected chi connectivity index (χ1v) is 10.8. The second kappa shape index (κ2) is 8.20. The fourth-order valence-corrected chi connectivity index (χ4v) is 4.68. The molecular weight excluding hydrogens is 420 g/mol. The maximum Gasteiger partial charge on any atom is 0.275 e. The standard InChI is InChI=1S/C25H26N4O4/c1-14-22-23(28-27-14)25(30)29(24(22)19-12-17(32-3)6-8-21(19)33-4)10-9-15-13-26-20-7-5-16(31-2)11-18(15)20/h5-8,11-13,24,26H,9-10H2,1-4H3,(H,27,28)/t24-/m0/s1. The Hall–Kier alpha value is -3.94. The summed E-state index contributed by atoms with van der Waals surface area (Å²) in [6, 6.07) is 11.3. The highest BCUT2D eigenvalue weighted by atomic mass is 16.5. The average Bonchev–Trinajstić information content (AvgIpc) is 3.51. The highest BCUT2D eigenvalue weighted by molar-refractivity contribution is 5.98. The minimum Gasteiger partial charge on any atom is -0.497 e. The van der Waals surface area contributed by atoms with Crippen LogP contribution in [0.25, 0.3) is 10.9 Å². The van der Waals surface area contributed by atoms with Gasteiger partial charge in [0, 0.05) is 40.5 Å². The van der Waals surface area contributed by atoms with Crippen LogP contribution >= 0.6 is 0 Å². The number of amides is 1. The molecule has 0 radical (unpaired) electrons. The summed E-state index contributed by atoms with van der Waals surface area (Å²) in [5, 5.41) is 8.37.